The highest BCUT2D eigenvalue weighted by molar-refractivity contribution is 7.80. The maximum Gasteiger partial charge on any atom is 0.340 e. The number of thiocarbonyl (C=S) groups is 1. The molecule has 5 rings (SSSR count). The third kappa shape index (κ3) is 5.08. The molecule has 3 aromatic carbocycles. The minimum Gasteiger partial charge on any atom is -0.508 e. The Bertz CT molecular complexity index is 1270. The summed E-state index contributed by atoms with van der Waals surface area (Å²) in [6.07, 6.45) is 1.12. The predicted octanol–water partition coefficient (Wildman–Crippen LogP) is 5.59. The van der Waals surface area contributed by atoms with Crippen molar-refractivity contribution in [1.29, 1.82) is 0 Å². The Kier molecular flexibility index (Phi) is 8.73. The first-order valence-corrected chi connectivity index (χ1v) is 12.5. The number of nitrogens with one attached hydrogen (secondary N) is 2. The molecule has 0 amide bonds. The highest BCUT2D eigenvalue weighted by Gasteiger charge is 2.53. The molecular weight excluding hydrogens is 492 g/mol. The van der Waals surface area contributed by atoms with Crippen LogP contribution >= 0.6 is 12.2 Å². The number of aromatic hydroxyl groups is 2. The van der Waals surface area contributed by atoms with Gasteiger partial charge in [0.2, 0.25) is 0 Å². The van der Waals surface area contributed by atoms with Crippen LogP contribution in [0.25, 0.3) is 0 Å². The highest BCUT2D eigenvalue weighted by Crippen LogP contribution is 2.57. The number of phenolic OH excluding ortho intramolecular Hbond substituents is 2. The zero-order valence-electron chi connectivity index (χ0n) is 21.1. The van der Waals surface area contributed by atoms with Gasteiger partial charge in [0.25, 0.3) is 0 Å². The largest absolute Gasteiger partial charge is 0.508 e. The minimum absolute atomic E-state index is 0.00723. The average Bonchev–Trinajstić information content (AvgIpc) is 3.18. The molecule has 3 aromatic rings. The van der Waals surface area contributed by atoms with Crippen molar-refractivity contribution in [3.05, 3.63) is 76.9 Å². The molecule has 0 bridgehead atoms. The number of benzene rings is 3. The van der Waals surface area contributed by atoms with Crippen LogP contribution in [0.15, 0.2) is 54.6 Å². The molecule has 9 heteroatoms. The van der Waals surface area contributed by atoms with E-state index in [4.69, 9.17) is 21.7 Å². The zero-order chi connectivity index (χ0) is 27.2. The summed E-state index contributed by atoms with van der Waals surface area (Å²) >= 11 is 5.24. The molecule has 194 valence electrons. The molecule has 8 nitrogen and oxygen atoms in total. The third-order valence-electron chi connectivity index (χ3n) is 5.58. The molecule has 0 radical (unpaired) electrons. The van der Waals surface area contributed by atoms with Crippen LogP contribution in [0, 0.1) is 0 Å². The van der Waals surface area contributed by atoms with E-state index in [1.807, 2.05) is 27.7 Å². The molecule has 2 heterocycles. The van der Waals surface area contributed by atoms with Gasteiger partial charge in [-0.2, -0.15) is 0 Å². The number of esters is 1. The van der Waals surface area contributed by atoms with E-state index >= 15 is 0 Å². The number of anilines is 1. The van der Waals surface area contributed by atoms with Crippen LogP contribution in [0.3, 0.4) is 0 Å². The van der Waals surface area contributed by atoms with E-state index in [-0.39, 0.29) is 11.5 Å². The summed E-state index contributed by atoms with van der Waals surface area (Å²) in [7, 11) is 0. The van der Waals surface area contributed by atoms with Crippen molar-refractivity contribution in [1.82, 2.24) is 5.32 Å². The number of carbonyl (C=O) groups excluding carboxylic acids is 2. The second-order valence-electron chi connectivity index (χ2n) is 7.63. The summed E-state index contributed by atoms with van der Waals surface area (Å²) in [6, 6.07) is 14.4. The molecule has 2 aliphatic heterocycles. The van der Waals surface area contributed by atoms with Gasteiger partial charge in [0.1, 0.15) is 29.3 Å². The predicted molar refractivity (Wildman–Crippen MR) is 146 cm³/mol. The van der Waals surface area contributed by atoms with Crippen LogP contribution in [0.5, 0.6) is 23.0 Å². The second-order valence-corrected chi connectivity index (χ2v) is 8.04. The molecule has 4 N–H and O–H groups in total. The van der Waals surface area contributed by atoms with Crippen LogP contribution in [-0.2, 0) is 15.1 Å². The lowest BCUT2D eigenvalue weighted by molar-refractivity contribution is -0.107. The Morgan fingerprint density at radius 2 is 1.49 bits per heavy atom. The maximum atomic E-state index is 13.1. The van der Waals surface area contributed by atoms with E-state index < -0.39 is 11.6 Å². The van der Waals surface area contributed by atoms with Crippen LogP contribution in [0.1, 0.15) is 61.2 Å². The lowest BCUT2D eigenvalue weighted by Gasteiger charge is -2.36. The summed E-state index contributed by atoms with van der Waals surface area (Å²) in [5, 5.41) is 26.2. The number of ether oxygens (including phenoxy) is 2. The first kappa shape index (κ1) is 27.5. The van der Waals surface area contributed by atoms with Crippen LogP contribution in [0.2, 0.25) is 0 Å². The van der Waals surface area contributed by atoms with Crippen molar-refractivity contribution in [2.24, 2.45) is 0 Å². The van der Waals surface area contributed by atoms with Gasteiger partial charge in [-0.3, -0.25) is 0 Å². The number of hydrogen-bond acceptors (Lipinski definition) is 7. The van der Waals surface area contributed by atoms with Crippen molar-refractivity contribution >= 4 is 35.3 Å². The summed E-state index contributed by atoms with van der Waals surface area (Å²) in [5.41, 5.74) is 1.32. The Morgan fingerprint density at radius 1 is 0.919 bits per heavy atom. The van der Waals surface area contributed by atoms with Gasteiger partial charge in [-0.05, 0) is 48.6 Å². The number of rotatable bonds is 4. The van der Waals surface area contributed by atoms with Gasteiger partial charge in [-0.15, -0.1) is 0 Å². The van der Waals surface area contributed by atoms with E-state index in [9.17, 15) is 19.8 Å². The molecule has 2 aliphatic rings. The molecule has 0 aromatic heterocycles. The van der Waals surface area contributed by atoms with Crippen LogP contribution in [0.4, 0.5) is 5.69 Å². The number of hydrogen-bond donors (Lipinski definition) is 4. The third-order valence-corrected chi connectivity index (χ3v) is 5.83. The minimum atomic E-state index is -1.31. The molecule has 0 fully saturated rings. The van der Waals surface area contributed by atoms with E-state index in [1.54, 1.807) is 30.3 Å². The van der Waals surface area contributed by atoms with E-state index in [0.29, 0.717) is 57.5 Å². The topological polar surface area (TPSA) is 117 Å². The van der Waals surface area contributed by atoms with E-state index in [2.05, 4.69) is 10.6 Å². The summed E-state index contributed by atoms with van der Waals surface area (Å²) in [6.45, 7) is 8.40. The first-order chi connectivity index (χ1) is 17.9. The van der Waals surface area contributed by atoms with Gasteiger partial charge in [0.15, 0.2) is 10.7 Å². The lowest BCUT2D eigenvalue weighted by Crippen LogP contribution is -2.33. The van der Waals surface area contributed by atoms with Gasteiger partial charge in [-0.25, -0.2) is 4.79 Å². The molecule has 1 spiro atoms. The molecule has 0 atom stereocenters. The molecule has 37 heavy (non-hydrogen) atoms. The Morgan fingerprint density at radius 3 is 2.05 bits per heavy atom. The fourth-order valence-electron chi connectivity index (χ4n) is 4.20. The van der Waals surface area contributed by atoms with E-state index in [0.717, 1.165) is 6.29 Å². The van der Waals surface area contributed by atoms with Crippen molar-refractivity contribution in [2.75, 3.05) is 11.9 Å². The molecule has 0 saturated heterocycles. The Balaban J connectivity index is 0.000000907. The SMILES string of the molecule is CC.CC.O=CCCNC(=S)Nc1ccc2c(c1)C(=O)OC21c2ccc(O)cc2Oc2cc(O)ccc21. The van der Waals surface area contributed by atoms with Gasteiger partial charge in [-0.1, -0.05) is 33.8 Å². The van der Waals surface area contributed by atoms with Crippen LogP contribution < -0.4 is 15.4 Å². The summed E-state index contributed by atoms with van der Waals surface area (Å²) < 4.78 is 12.0. The summed E-state index contributed by atoms with van der Waals surface area (Å²) in [4.78, 5) is 23.5. The fourth-order valence-corrected chi connectivity index (χ4v) is 4.42. The molecule has 0 aliphatic carbocycles. The summed E-state index contributed by atoms with van der Waals surface area (Å²) in [5.74, 6) is 0.0841. The van der Waals surface area contributed by atoms with Gasteiger partial charge < -0.3 is 35.1 Å². The van der Waals surface area contributed by atoms with Crippen molar-refractivity contribution in [3.63, 3.8) is 0 Å². The van der Waals surface area contributed by atoms with Crippen LogP contribution in [-0.4, -0.2) is 34.1 Å². The van der Waals surface area contributed by atoms with Crippen molar-refractivity contribution in [3.8, 4) is 23.0 Å². The zero-order valence-corrected chi connectivity index (χ0v) is 21.9. The standard InChI is InChI=1S/C24H18N2O6S.2C2H6/c27-9-1-8-25-23(33)26-13-2-5-17-16(10-13)22(30)32-24(17)18-6-3-14(28)11-20(18)31-21-12-15(29)4-7-19(21)24;2*1-2/h2-7,9-12,28-29H,1,8H2,(H2,25,26,33);2*1-2H3. The average molecular weight is 523 g/mol. The quantitative estimate of drug-likeness (QED) is 0.150. The number of carbonyl (C=O) groups is 2. The Labute approximate surface area is 221 Å². The molecule has 0 unspecified atom stereocenters. The molecular formula is C28H30N2O6S. The van der Waals surface area contributed by atoms with Crippen molar-refractivity contribution in [2.45, 2.75) is 39.7 Å². The number of fused-ring (bicyclic) bond motifs is 6. The van der Waals surface area contributed by atoms with Crippen molar-refractivity contribution < 1.29 is 29.3 Å². The lowest BCUT2D eigenvalue weighted by atomic mass is 9.77. The number of aldehydes is 1. The monoisotopic (exact) mass is 522 g/mol. The van der Waals surface area contributed by atoms with Gasteiger partial charge in [0.05, 0.1) is 5.56 Å². The van der Waals surface area contributed by atoms with E-state index in [1.165, 1.54) is 24.3 Å². The normalized spacial score (nSPS) is 13.1. The van der Waals surface area contributed by atoms with Gasteiger partial charge >= 0.3 is 5.97 Å². The first-order valence-electron chi connectivity index (χ1n) is 12.1. The van der Waals surface area contributed by atoms with Gasteiger partial charge in [0, 0.05) is 47.5 Å². The molecule has 0 saturated carbocycles. The Hall–Kier alpha value is -4.11. The second kappa shape index (κ2) is 11.7. The highest BCUT2D eigenvalue weighted by atomic mass is 32.1. The maximum absolute atomic E-state index is 13.1. The smallest absolute Gasteiger partial charge is 0.340 e. The fraction of sp³-hybridized carbons (Fsp3) is 0.250. The number of phenols is 2.